The highest BCUT2D eigenvalue weighted by Gasteiger charge is 2.31. The van der Waals surface area contributed by atoms with Gasteiger partial charge < -0.3 is 10.4 Å². The summed E-state index contributed by atoms with van der Waals surface area (Å²) in [5.74, 6) is -0.615. The summed E-state index contributed by atoms with van der Waals surface area (Å²) in [5, 5.41) is 33.1. The first kappa shape index (κ1) is 20.3. The number of nitriles is 2. The van der Waals surface area contributed by atoms with Crippen LogP contribution in [0.25, 0.3) is 16.8 Å². The molecule has 0 saturated carbocycles. The molecule has 5 heteroatoms. The summed E-state index contributed by atoms with van der Waals surface area (Å²) in [4.78, 5) is 0. The molecule has 1 heterocycles. The predicted octanol–water partition coefficient (Wildman–Crippen LogP) is 6.13. The van der Waals surface area contributed by atoms with E-state index in [2.05, 4.69) is 17.5 Å². The number of benzene rings is 3. The summed E-state index contributed by atoms with van der Waals surface area (Å²) in [7, 11) is 0. The van der Waals surface area contributed by atoms with Crippen LogP contribution in [0.5, 0.6) is 5.75 Å². The number of nitrogens with zero attached hydrogens (tertiary/aromatic N) is 2. The van der Waals surface area contributed by atoms with E-state index in [1.165, 1.54) is 6.07 Å². The van der Waals surface area contributed by atoms with Gasteiger partial charge in [-0.2, -0.15) is 10.5 Å². The van der Waals surface area contributed by atoms with Crippen molar-refractivity contribution in [1.82, 2.24) is 5.32 Å². The second-order valence-corrected chi connectivity index (χ2v) is 7.67. The molecule has 3 aromatic carbocycles. The first-order valence-corrected chi connectivity index (χ1v) is 10.1. The number of phenols is 1. The number of dihydropyridines is 1. The van der Waals surface area contributed by atoms with Gasteiger partial charge in [0.2, 0.25) is 0 Å². The maximum absolute atomic E-state index is 10.0. The van der Waals surface area contributed by atoms with Crippen LogP contribution in [0.4, 0.5) is 0 Å². The average molecular weight is 424 g/mol. The van der Waals surface area contributed by atoms with Crippen LogP contribution in [0.2, 0.25) is 5.02 Å². The molecule has 1 atom stereocenters. The minimum absolute atomic E-state index is 0.0437. The van der Waals surface area contributed by atoms with E-state index in [0.29, 0.717) is 28.1 Å². The molecule has 0 spiro atoms. The largest absolute Gasteiger partial charge is 0.506 e. The Labute approximate surface area is 186 Å². The summed E-state index contributed by atoms with van der Waals surface area (Å²) >= 11 is 6.12. The molecule has 0 bridgehead atoms. The van der Waals surface area contributed by atoms with Crippen LogP contribution < -0.4 is 5.32 Å². The number of hydrogen-bond donors (Lipinski definition) is 2. The van der Waals surface area contributed by atoms with Crippen molar-refractivity contribution in [1.29, 1.82) is 10.5 Å². The van der Waals surface area contributed by atoms with Gasteiger partial charge in [0.25, 0.3) is 0 Å². The molecule has 4 rings (SSSR count). The third kappa shape index (κ3) is 3.78. The zero-order valence-corrected chi connectivity index (χ0v) is 17.5. The van der Waals surface area contributed by atoms with Gasteiger partial charge in [-0.3, -0.25) is 0 Å². The van der Waals surface area contributed by atoms with E-state index in [9.17, 15) is 15.6 Å². The summed E-state index contributed by atoms with van der Waals surface area (Å²) in [6.45, 7) is 1.82. The highest BCUT2D eigenvalue weighted by Crippen LogP contribution is 2.41. The first-order valence-electron chi connectivity index (χ1n) is 9.70. The second-order valence-electron chi connectivity index (χ2n) is 7.26. The molecule has 1 aliphatic heterocycles. The average Bonchev–Trinajstić information content (AvgIpc) is 2.81. The van der Waals surface area contributed by atoms with Gasteiger partial charge >= 0.3 is 0 Å². The molecular formula is C26H18ClN3O. The molecule has 2 N–H and O–H groups in total. The molecule has 1 aliphatic rings. The molecule has 0 amide bonds. The molecule has 0 radical (unpaired) electrons. The first-order chi connectivity index (χ1) is 15.0. The molecule has 0 fully saturated rings. The molecule has 31 heavy (non-hydrogen) atoms. The van der Waals surface area contributed by atoms with E-state index in [-0.39, 0.29) is 10.8 Å². The molecule has 4 nitrogen and oxygen atoms in total. The Bertz CT molecular complexity index is 1290. The van der Waals surface area contributed by atoms with Gasteiger partial charge in [0.1, 0.15) is 5.75 Å². The Hall–Kier alpha value is -3.99. The third-order valence-corrected chi connectivity index (χ3v) is 5.69. The van der Waals surface area contributed by atoms with E-state index in [4.69, 9.17) is 11.6 Å². The SMILES string of the molecule is CC1=C(C#N)C(c2ccc(O)c(Cl)c2)C(C#N)=C(c2ccc(-c3ccccc3)cc2)N1. The van der Waals surface area contributed by atoms with Gasteiger partial charge in [-0.05, 0) is 41.3 Å². The Balaban J connectivity index is 1.83. The van der Waals surface area contributed by atoms with Crippen molar-refractivity contribution in [3.05, 3.63) is 106 Å². The number of rotatable bonds is 3. The fourth-order valence-corrected chi connectivity index (χ4v) is 4.01. The summed E-state index contributed by atoms with van der Waals surface area (Å²) in [6, 6.07) is 27.3. The zero-order chi connectivity index (χ0) is 22.0. The highest BCUT2D eigenvalue weighted by molar-refractivity contribution is 6.32. The van der Waals surface area contributed by atoms with Crippen LogP contribution in [-0.2, 0) is 0 Å². The number of allylic oxidation sites excluding steroid dienone is 3. The lowest BCUT2D eigenvalue weighted by molar-refractivity contribution is 0.475. The van der Waals surface area contributed by atoms with Gasteiger partial charge in [0, 0.05) is 5.70 Å². The van der Waals surface area contributed by atoms with E-state index in [1.54, 1.807) is 12.1 Å². The number of phenolic OH excluding ortho intramolecular Hbond substituents is 1. The van der Waals surface area contributed by atoms with E-state index in [1.807, 2.05) is 61.5 Å². The molecule has 150 valence electrons. The number of hydrogen-bond acceptors (Lipinski definition) is 4. The lowest BCUT2D eigenvalue weighted by Crippen LogP contribution is -2.24. The van der Waals surface area contributed by atoms with Gasteiger partial charge in [-0.25, -0.2) is 0 Å². The Kier molecular flexibility index (Phi) is 5.50. The Morgan fingerprint density at radius 2 is 1.45 bits per heavy atom. The molecule has 0 aromatic heterocycles. The van der Waals surface area contributed by atoms with Crippen molar-refractivity contribution in [2.24, 2.45) is 0 Å². The zero-order valence-electron chi connectivity index (χ0n) is 16.7. The number of aromatic hydroxyl groups is 1. The predicted molar refractivity (Wildman–Crippen MR) is 122 cm³/mol. The van der Waals surface area contributed by atoms with Gasteiger partial charge in [0.05, 0.1) is 39.9 Å². The second kappa shape index (κ2) is 8.40. The standard InChI is InChI=1S/C26H18ClN3O/c1-16-21(14-28)25(20-11-12-24(31)23(27)13-20)22(15-29)26(30-16)19-9-7-18(8-10-19)17-5-3-2-4-6-17/h2-13,25,30-31H,1H3. The van der Waals surface area contributed by atoms with Crippen LogP contribution in [-0.4, -0.2) is 5.11 Å². The third-order valence-electron chi connectivity index (χ3n) is 5.39. The number of nitrogens with one attached hydrogen (secondary N) is 1. The molecule has 3 aromatic rings. The molecule has 1 unspecified atom stereocenters. The normalized spacial score (nSPS) is 15.8. The van der Waals surface area contributed by atoms with E-state index >= 15 is 0 Å². The summed E-state index contributed by atoms with van der Waals surface area (Å²) < 4.78 is 0. The molecular weight excluding hydrogens is 406 g/mol. The van der Waals surface area contributed by atoms with Crippen molar-refractivity contribution in [2.45, 2.75) is 12.8 Å². The van der Waals surface area contributed by atoms with Crippen molar-refractivity contribution >= 4 is 17.3 Å². The van der Waals surface area contributed by atoms with Crippen LogP contribution in [0, 0.1) is 22.7 Å². The minimum atomic E-state index is -0.571. The lowest BCUT2D eigenvalue weighted by atomic mass is 9.80. The topological polar surface area (TPSA) is 79.8 Å². The van der Waals surface area contributed by atoms with Crippen LogP contribution in [0.3, 0.4) is 0 Å². The van der Waals surface area contributed by atoms with Crippen molar-refractivity contribution in [3.8, 4) is 29.0 Å². The fraction of sp³-hybridized carbons (Fsp3) is 0.0769. The van der Waals surface area contributed by atoms with Crippen molar-refractivity contribution < 1.29 is 5.11 Å². The Morgan fingerprint density at radius 1 is 0.839 bits per heavy atom. The maximum atomic E-state index is 10.0. The quantitative estimate of drug-likeness (QED) is 0.530. The smallest absolute Gasteiger partial charge is 0.134 e. The lowest BCUT2D eigenvalue weighted by Gasteiger charge is -2.28. The van der Waals surface area contributed by atoms with Gasteiger partial charge in [-0.15, -0.1) is 0 Å². The monoisotopic (exact) mass is 423 g/mol. The van der Waals surface area contributed by atoms with E-state index in [0.717, 1.165) is 16.7 Å². The van der Waals surface area contributed by atoms with Gasteiger partial charge in [-0.1, -0.05) is 72.3 Å². The van der Waals surface area contributed by atoms with Gasteiger partial charge in [0.15, 0.2) is 0 Å². The van der Waals surface area contributed by atoms with Crippen LogP contribution >= 0.6 is 11.6 Å². The Morgan fingerprint density at radius 3 is 2.06 bits per heavy atom. The summed E-state index contributed by atoms with van der Waals surface area (Å²) in [5.41, 5.74) is 5.92. The maximum Gasteiger partial charge on any atom is 0.134 e. The summed E-state index contributed by atoms with van der Waals surface area (Å²) in [6.07, 6.45) is 0. The van der Waals surface area contributed by atoms with Crippen LogP contribution in [0.15, 0.2) is 89.6 Å². The molecule has 0 aliphatic carbocycles. The number of halogens is 1. The highest BCUT2D eigenvalue weighted by atomic mass is 35.5. The van der Waals surface area contributed by atoms with E-state index < -0.39 is 5.92 Å². The molecule has 0 saturated heterocycles. The minimum Gasteiger partial charge on any atom is -0.506 e. The van der Waals surface area contributed by atoms with Crippen LogP contribution in [0.1, 0.15) is 24.0 Å². The van der Waals surface area contributed by atoms with Crippen molar-refractivity contribution in [3.63, 3.8) is 0 Å². The van der Waals surface area contributed by atoms with Crippen molar-refractivity contribution in [2.75, 3.05) is 0 Å². The fourth-order valence-electron chi connectivity index (χ4n) is 3.82.